The van der Waals surface area contributed by atoms with Crippen molar-refractivity contribution >= 4 is 21.9 Å². The number of carbonyl (C=O) groups is 1. The van der Waals surface area contributed by atoms with Crippen molar-refractivity contribution < 1.29 is 13.9 Å². The third kappa shape index (κ3) is 2.55. The topological polar surface area (TPSA) is 52.3 Å². The van der Waals surface area contributed by atoms with Gasteiger partial charge in [-0.2, -0.15) is 0 Å². The lowest BCUT2D eigenvalue weighted by Gasteiger charge is -1.96. The van der Waals surface area contributed by atoms with Crippen LogP contribution in [-0.4, -0.2) is 17.6 Å². The minimum absolute atomic E-state index is 0.158. The molecule has 1 aromatic heterocycles. The standard InChI is InChI=1S/C12H10BrNO3/c1-2-16-12(15)9-10(13)17-11(14-9)8-6-4-3-5-7-8/h3-7H,2H2,1H3. The number of aromatic nitrogens is 1. The first-order valence-electron chi connectivity index (χ1n) is 5.11. The summed E-state index contributed by atoms with van der Waals surface area (Å²) < 4.78 is 10.5. The molecule has 0 bridgehead atoms. The number of esters is 1. The first-order chi connectivity index (χ1) is 8.22. The van der Waals surface area contributed by atoms with Gasteiger partial charge >= 0.3 is 5.97 Å². The first kappa shape index (κ1) is 11.9. The van der Waals surface area contributed by atoms with Gasteiger partial charge in [0.1, 0.15) is 0 Å². The fourth-order valence-electron chi connectivity index (χ4n) is 1.33. The zero-order valence-corrected chi connectivity index (χ0v) is 10.7. The van der Waals surface area contributed by atoms with Gasteiger partial charge in [-0.25, -0.2) is 9.78 Å². The molecule has 4 nitrogen and oxygen atoms in total. The van der Waals surface area contributed by atoms with Crippen LogP contribution in [0.4, 0.5) is 0 Å². The molecule has 0 unspecified atom stereocenters. The van der Waals surface area contributed by atoms with Gasteiger partial charge < -0.3 is 9.15 Å². The second-order valence-corrected chi connectivity index (χ2v) is 3.95. The average Bonchev–Trinajstić information content (AvgIpc) is 2.73. The predicted octanol–water partition coefficient (Wildman–Crippen LogP) is 3.28. The second-order valence-electron chi connectivity index (χ2n) is 3.23. The molecule has 0 aliphatic rings. The van der Waals surface area contributed by atoms with Crippen LogP contribution in [0.15, 0.2) is 39.4 Å². The summed E-state index contributed by atoms with van der Waals surface area (Å²) in [6.45, 7) is 2.04. The van der Waals surface area contributed by atoms with Crippen molar-refractivity contribution in [3.8, 4) is 11.5 Å². The molecule has 88 valence electrons. The molecule has 5 heteroatoms. The lowest BCUT2D eigenvalue weighted by molar-refractivity contribution is 0.0518. The van der Waals surface area contributed by atoms with Gasteiger partial charge in [-0.1, -0.05) is 18.2 Å². The van der Waals surface area contributed by atoms with Crippen LogP contribution < -0.4 is 0 Å². The van der Waals surface area contributed by atoms with Gasteiger partial charge in [0.15, 0.2) is 0 Å². The van der Waals surface area contributed by atoms with Crippen LogP contribution in [0.2, 0.25) is 0 Å². The van der Waals surface area contributed by atoms with Crippen LogP contribution in [0.5, 0.6) is 0 Å². The number of hydrogen-bond donors (Lipinski definition) is 0. The molecular weight excluding hydrogens is 286 g/mol. The van der Waals surface area contributed by atoms with E-state index in [0.717, 1.165) is 5.56 Å². The van der Waals surface area contributed by atoms with Crippen molar-refractivity contribution in [3.05, 3.63) is 40.7 Å². The summed E-state index contributed by atoms with van der Waals surface area (Å²) in [5.41, 5.74) is 0.967. The molecule has 0 amide bonds. The Balaban J connectivity index is 2.34. The molecule has 0 atom stereocenters. The molecule has 0 saturated carbocycles. The Morgan fingerprint density at radius 1 is 1.41 bits per heavy atom. The molecule has 1 aromatic carbocycles. The van der Waals surface area contributed by atoms with E-state index in [4.69, 9.17) is 9.15 Å². The van der Waals surface area contributed by atoms with Crippen molar-refractivity contribution in [1.82, 2.24) is 4.98 Å². The summed E-state index contributed by atoms with van der Waals surface area (Å²) >= 11 is 3.16. The zero-order chi connectivity index (χ0) is 12.3. The normalized spacial score (nSPS) is 10.2. The van der Waals surface area contributed by atoms with E-state index in [9.17, 15) is 4.79 Å². The van der Waals surface area contributed by atoms with Crippen LogP contribution in [-0.2, 0) is 4.74 Å². The van der Waals surface area contributed by atoms with Crippen molar-refractivity contribution in [2.24, 2.45) is 0 Å². The highest BCUT2D eigenvalue weighted by Gasteiger charge is 2.19. The van der Waals surface area contributed by atoms with E-state index in [0.29, 0.717) is 12.5 Å². The molecule has 0 spiro atoms. The maximum atomic E-state index is 11.5. The maximum absolute atomic E-state index is 11.5. The fourth-order valence-corrected chi connectivity index (χ4v) is 1.73. The first-order valence-corrected chi connectivity index (χ1v) is 5.90. The lowest BCUT2D eigenvalue weighted by atomic mass is 10.2. The molecule has 0 radical (unpaired) electrons. The van der Waals surface area contributed by atoms with Gasteiger partial charge in [-0.05, 0) is 35.0 Å². The summed E-state index contributed by atoms with van der Waals surface area (Å²) in [5.74, 6) is -0.106. The SMILES string of the molecule is CCOC(=O)c1nc(-c2ccccc2)oc1Br. The minimum Gasteiger partial charge on any atom is -0.461 e. The second kappa shape index (κ2) is 5.14. The van der Waals surface area contributed by atoms with Crippen LogP contribution in [0.25, 0.3) is 11.5 Å². The fraction of sp³-hybridized carbons (Fsp3) is 0.167. The summed E-state index contributed by atoms with van der Waals surface area (Å²) in [6, 6.07) is 9.35. The average molecular weight is 296 g/mol. The third-order valence-electron chi connectivity index (χ3n) is 2.08. The smallest absolute Gasteiger partial charge is 0.361 e. The number of nitrogens with zero attached hydrogens (tertiary/aromatic N) is 1. The van der Waals surface area contributed by atoms with Crippen LogP contribution in [0, 0.1) is 0 Å². The predicted molar refractivity (Wildman–Crippen MR) is 65.6 cm³/mol. The number of hydrogen-bond acceptors (Lipinski definition) is 4. The number of oxazole rings is 1. The molecule has 2 rings (SSSR count). The number of rotatable bonds is 3. The molecule has 17 heavy (non-hydrogen) atoms. The van der Waals surface area contributed by atoms with Crippen molar-refractivity contribution in [3.63, 3.8) is 0 Å². The van der Waals surface area contributed by atoms with E-state index in [1.807, 2.05) is 30.3 Å². The Morgan fingerprint density at radius 2 is 2.12 bits per heavy atom. The summed E-state index contributed by atoms with van der Waals surface area (Å²) in [5, 5.41) is 0. The number of benzene rings is 1. The molecule has 0 N–H and O–H groups in total. The van der Waals surface area contributed by atoms with E-state index in [-0.39, 0.29) is 10.4 Å². The Morgan fingerprint density at radius 3 is 2.76 bits per heavy atom. The summed E-state index contributed by atoms with van der Waals surface area (Å²) in [7, 11) is 0. The molecule has 0 aliphatic carbocycles. The summed E-state index contributed by atoms with van der Waals surface area (Å²) in [6.07, 6.45) is 0. The monoisotopic (exact) mass is 295 g/mol. The maximum Gasteiger partial charge on any atom is 0.361 e. The van der Waals surface area contributed by atoms with Gasteiger partial charge in [0.25, 0.3) is 0 Å². The van der Waals surface area contributed by atoms with Crippen LogP contribution >= 0.6 is 15.9 Å². The van der Waals surface area contributed by atoms with Crippen molar-refractivity contribution in [2.45, 2.75) is 6.92 Å². The minimum atomic E-state index is -0.495. The van der Waals surface area contributed by atoms with Gasteiger partial charge in [0.2, 0.25) is 16.3 Å². The van der Waals surface area contributed by atoms with Gasteiger partial charge in [0, 0.05) is 5.56 Å². The van der Waals surface area contributed by atoms with Gasteiger partial charge in [0.05, 0.1) is 6.61 Å². The molecule has 2 aromatic rings. The highest BCUT2D eigenvalue weighted by Crippen LogP contribution is 2.25. The Bertz CT molecular complexity index is 522. The third-order valence-corrected chi connectivity index (χ3v) is 2.61. The highest BCUT2D eigenvalue weighted by atomic mass is 79.9. The van der Waals surface area contributed by atoms with E-state index in [1.165, 1.54) is 0 Å². The molecular formula is C12H10BrNO3. The van der Waals surface area contributed by atoms with E-state index in [1.54, 1.807) is 6.92 Å². The molecule has 1 heterocycles. The van der Waals surface area contributed by atoms with E-state index < -0.39 is 5.97 Å². The lowest BCUT2D eigenvalue weighted by Crippen LogP contribution is -2.05. The van der Waals surface area contributed by atoms with E-state index >= 15 is 0 Å². The molecule has 0 saturated heterocycles. The Labute approximate surface area is 107 Å². The van der Waals surface area contributed by atoms with Crippen molar-refractivity contribution in [1.29, 1.82) is 0 Å². The van der Waals surface area contributed by atoms with Crippen molar-refractivity contribution in [2.75, 3.05) is 6.61 Å². The molecule has 0 fully saturated rings. The van der Waals surface area contributed by atoms with Crippen LogP contribution in [0.3, 0.4) is 0 Å². The zero-order valence-electron chi connectivity index (χ0n) is 9.14. The Hall–Kier alpha value is -1.62. The Kier molecular flexibility index (Phi) is 3.58. The number of halogens is 1. The van der Waals surface area contributed by atoms with Gasteiger partial charge in [-0.15, -0.1) is 0 Å². The van der Waals surface area contributed by atoms with E-state index in [2.05, 4.69) is 20.9 Å². The molecule has 0 aliphatic heterocycles. The van der Waals surface area contributed by atoms with Crippen LogP contribution in [0.1, 0.15) is 17.4 Å². The highest BCUT2D eigenvalue weighted by molar-refractivity contribution is 9.10. The quantitative estimate of drug-likeness (QED) is 0.816. The number of ether oxygens (including phenoxy) is 1. The number of carbonyl (C=O) groups excluding carboxylic acids is 1. The summed E-state index contributed by atoms with van der Waals surface area (Å²) in [4.78, 5) is 15.6. The largest absolute Gasteiger partial charge is 0.461 e. The van der Waals surface area contributed by atoms with Gasteiger partial charge in [-0.3, -0.25) is 0 Å².